The van der Waals surface area contributed by atoms with Crippen molar-refractivity contribution in [2.24, 2.45) is 0 Å². The number of furan rings is 1. The van der Waals surface area contributed by atoms with Crippen LogP contribution in [0.4, 0.5) is 17.1 Å². The molecule has 14 rings (SSSR count). The van der Waals surface area contributed by atoms with Gasteiger partial charge in [-0.2, -0.15) is 0 Å². The zero-order valence-corrected chi connectivity index (χ0v) is 38.2. The Balaban J connectivity index is 0.945. The van der Waals surface area contributed by atoms with Gasteiger partial charge in [0.25, 0.3) is 0 Å². The van der Waals surface area contributed by atoms with Crippen LogP contribution in [0.15, 0.2) is 271 Å². The molecule has 1 aliphatic rings. The molecule has 0 amide bonds. The van der Waals surface area contributed by atoms with E-state index in [0.717, 1.165) is 66.9 Å². The quantitative estimate of drug-likeness (QED) is 0.152. The molecule has 3 heteroatoms. The van der Waals surface area contributed by atoms with E-state index in [4.69, 9.17) is 4.42 Å². The smallest absolute Gasteiger partial charge is 0.143 e. The minimum absolute atomic E-state index is 0.535. The van der Waals surface area contributed by atoms with Crippen molar-refractivity contribution in [2.45, 2.75) is 5.41 Å². The van der Waals surface area contributed by atoms with E-state index in [-0.39, 0.29) is 0 Å². The molecular formula is C67H44N2O. The molecule has 0 N–H and O–H groups in total. The van der Waals surface area contributed by atoms with E-state index in [1.807, 2.05) is 12.1 Å². The van der Waals surface area contributed by atoms with Gasteiger partial charge in [0.1, 0.15) is 11.2 Å². The van der Waals surface area contributed by atoms with Crippen LogP contribution in [0, 0.1) is 0 Å². The molecular weight excluding hydrogens is 849 g/mol. The van der Waals surface area contributed by atoms with Crippen molar-refractivity contribution in [1.82, 2.24) is 4.57 Å². The van der Waals surface area contributed by atoms with Gasteiger partial charge in [-0.3, -0.25) is 0 Å². The van der Waals surface area contributed by atoms with E-state index < -0.39 is 5.41 Å². The Hall–Kier alpha value is -9.18. The van der Waals surface area contributed by atoms with Crippen LogP contribution >= 0.6 is 0 Å². The van der Waals surface area contributed by atoms with Crippen molar-refractivity contribution >= 4 is 60.8 Å². The summed E-state index contributed by atoms with van der Waals surface area (Å²) in [5.41, 5.74) is 20.0. The molecule has 328 valence electrons. The Morgan fingerprint density at radius 2 is 0.886 bits per heavy atom. The predicted molar refractivity (Wildman–Crippen MR) is 291 cm³/mol. The molecule has 1 aliphatic carbocycles. The van der Waals surface area contributed by atoms with Gasteiger partial charge in [0.05, 0.1) is 22.1 Å². The largest absolute Gasteiger partial charge is 0.455 e. The Morgan fingerprint density at radius 1 is 0.357 bits per heavy atom. The average molecular weight is 893 g/mol. The van der Waals surface area contributed by atoms with Crippen LogP contribution in [0.2, 0.25) is 0 Å². The maximum Gasteiger partial charge on any atom is 0.143 e. The van der Waals surface area contributed by atoms with Gasteiger partial charge in [-0.05, 0) is 99.1 Å². The molecule has 2 aromatic heterocycles. The molecule has 0 radical (unpaired) electrons. The first-order valence-corrected chi connectivity index (χ1v) is 24.1. The van der Waals surface area contributed by atoms with Crippen molar-refractivity contribution in [1.29, 1.82) is 0 Å². The number of fused-ring (bicyclic) bond motifs is 9. The minimum atomic E-state index is -0.535. The number of anilines is 3. The van der Waals surface area contributed by atoms with E-state index in [1.54, 1.807) is 0 Å². The van der Waals surface area contributed by atoms with Crippen LogP contribution in [-0.2, 0) is 5.41 Å². The zero-order chi connectivity index (χ0) is 46.2. The second-order valence-electron chi connectivity index (χ2n) is 18.4. The van der Waals surface area contributed by atoms with E-state index in [1.165, 1.54) is 55.2 Å². The first kappa shape index (κ1) is 39.9. The summed E-state index contributed by atoms with van der Waals surface area (Å²) >= 11 is 0. The maximum atomic E-state index is 6.42. The standard InChI is InChI=1S/C67H44N2O/c1-3-18-48(19-4-1)67(49-20-5-2-6-21-49)59-30-11-7-27-58(59)65-60(67)31-17-34-63(65)68(51-22-15-23-52(44-51)69-61-32-12-8-24-54(61)55-25-9-13-33-62(55)69)50-42-40-46(41-43-50)45-36-38-47(39-37-45)53-28-16-29-57-56-26-10-14-35-64(56)70-66(53)57/h1-44H. The molecule has 0 saturated heterocycles. The van der Waals surface area contributed by atoms with Gasteiger partial charge in [0.15, 0.2) is 0 Å². The van der Waals surface area contributed by atoms with Crippen LogP contribution in [0.25, 0.3) is 82.8 Å². The van der Waals surface area contributed by atoms with Gasteiger partial charge in [0.2, 0.25) is 0 Å². The third-order valence-electron chi connectivity index (χ3n) is 14.7. The van der Waals surface area contributed by atoms with Crippen molar-refractivity contribution < 1.29 is 4.42 Å². The molecule has 13 aromatic rings. The fraction of sp³-hybridized carbons (Fsp3) is 0.0149. The summed E-state index contributed by atoms with van der Waals surface area (Å²) in [5.74, 6) is 0. The lowest BCUT2D eigenvalue weighted by Gasteiger charge is -2.34. The molecule has 0 aliphatic heterocycles. The molecule has 0 spiro atoms. The van der Waals surface area contributed by atoms with Gasteiger partial charge in [-0.25, -0.2) is 0 Å². The normalized spacial score (nSPS) is 12.7. The Labute approximate surface area is 406 Å². The molecule has 70 heavy (non-hydrogen) atoms. The SMILES string of the molecule is c1ccc(C2(c3ccccc3)c3ccccc3-c3c(N(c4ccc(-c5ccc(-c6cccc7c6oc6ccccc67)cc5)cc4)c4cccc(-n5c6ccccc6c6ccccc65)c4)cccc32)cc1. The van der Waals surface area contributed by atoms with Gasteiger partial charge < -0.3 is 13.9 Å². The van der Waals surface area contributed by atoms with Gasteiger partial charge in [-0.1, -0.05) is 212 Å². The highest BCUT2D eigenvalue weighted by Crippen LogP contribution is 2.59. The van der Waals surface area contributed by atoms with E-state index >= 15 is 0 Å². The highest BCUT2D eigenvalue weighted by atomic mass is 16.3. The summed E-state index contributed by atoms with van der Waals surface area (Å²) in [4.78, 5) is 2.47. The number of benzene rings is 11. The summed E-state index contributed by atoms with van der Waals surface area (Å²) in [6.07, 6.45) is 0. The van der Waals surface area contributed by atoms with Gasteiger partial charge in [0, 0.05) is 49.7 Å². The molecule has 0 bridgehead atoms. The number of rotatable bonds is 8. The Morgan fingerprint density at radius 3 is 1.60 bits per heavy atom. The van der Waals surface area contributed by atoms with Crippen LogP contribution in [0.1, 0.15) is 22.3 Å². The molecule has 0 saturated carbocycles. The van der Waals surface area contributed by atoms with E-state index in [9.17, 15) is 0 Å². The molecule has 11 aromatic carbocycles. The Bertz CT molecular complexity index is 4020. The number of nitrogens with zero attached hydrogens (tertiary/aromatic N) is 2. The number of hydrogen-bond acceptors (Lipinski definition) is 2. The summed E-state index contributed by atoms with van der Waals surface area (Å²) < 4.78 is 8.84. The zero-order valence-electron chi connectivity index (χ0n) is 38.2. The van der Waals surface area contributed by atoms with Crippen LogP contribution < -0.4 is 4.90 Å². The third kappa shape index (κ3) is 6.01. The highest BCUT2D eigenvalue weighted by Gasteiger charge is 2.47. The second kappa shape index (κ2) is 16.0. The van der Waals surface area contributed by atoms with Gasteiger partial charge >= 0.3 is 0 Å². The second-order valence-corrected chi connectivity index (χ2v) is 18.4. The topological polar surface area (TPSA) is 21.3 Å². The molecule has 3 nitrogen and oxygen atoms in total. The summed E-state index contributed by atoms with van der Waals surface area (Å²) in [5, 5.41) is 4.76. The lowest BCUT2D eigenvalue weighted by atomic mass is 9.68. The van der Waals surface area contributed by atoms with Crippen LogP contribution in [-0.4, -0.2) is 4.57 Å². The molecule has 0 fully saturated rings. The van der Waals surface area contributed by atoms with Crippen molar-refractivity contribution in [2.75, 3.05) is 4.90 Å². The lowest BCUT2D eigenvalue weighted by molar-refractivity contribution is 0.670. The average Bonchev–Trinajstić information content (AvgIpc) is 4.09. The van der Waals surface area contributed by atoms with Crippen molar-refractivity contribution in [3.8, 4) is 39.1 Å². The fourth-order valence-electron chi connectivity index (χ4n) is 11.7. The molecule has 0 unspecified atom stereocenters. The van der Waals surface area contributed by atoms with Gasteiger partial charge in [-0.15, -0.1) is 0 Å². The van der Waals surface area contributed by atoms with Crippen LogP contribution in [0.5, 0.6) is 0 Å². The predicted octanol–water partition coefficient (Wildman–Crippen LogP) is 17.8. The van der Waals surface area contributed by atoms with Crippen molar-refractivity contribution in [3.63, 3.8) is 0 Å². The monoisotopic (exact) mass is 892 g/mol. The first-order chi connectivity index (χ1) is 34.7. The molecule has 2 heterocycles. The number of aromatic nitrogens is 1. The maximum absolute atomic E-state index is 6.42. The fourth-order valence-corrected chi connectivity index (χ4v) is 11.7. The Kier molecular flexibility index (Phi) is 9.11. The summed E-state index contributed by atoms with van der Waals surface area (Å²) in [6.45, 7) is 0. The molecule has 0 atom stereocenters. The van der Waals surface area contributed by atoms with Crippen molar-refractivity contribution in [3.05, 3.63) is 289 Å². The lowest BCUT2D eigenvalue weighted by Crippen LogP contribution is -2.28. The highest BCUT2D eigenvalue weighted by molar-refractivity contribution is 6.10. The van der Waals surface area contributed by atoms with Crippen LogP contribution in [0.3, 0.4) is 0 Å². The number of hydrogen-bond donors (Lipinski definition) is 0. The summed E-state index contributed by atoms with van der Waals surface area (Å²) in [6, 6.07) is 97.3. The summed E-state index contributed by atoms with van der Waals surface area (Å²) in [7, 11) is 0. The van der Waals surface area contributed by atoms with E-state index in [0.29, 0.717) is 0 Å². The van der Waals surface area contributed by atoms with E-state index in [2.05, 4.69) is 264 Å². The number of para-hydroxylation sites is 4. The third-order valence-corrected chi connectivity index (χ3v) is 14.7. The minimum Gasteiger partial charge on any atom is -0.455 e. The first-order valence-electron chi connectivity index (χ1n) is 24.1.